The van der Waals surface area contributed by atoms with E-state index in [0.717, 1.165) is 24.8 Å². The first-order valence-electron chi connectivity index (χ1n) is 10.8. The lowest BCUT2D eigenvalue weighted by molar-refractivity contribution is -0.166. The lowest BCUT2D eigenvalue weighted by atomic mass is 9.80. The van der Waals surface area contributed by atoms with Gasteiger partial charge in [0.2, 0.25) is 6.29 Å². The van der Waals surface area contributed by atoms with Crippen molar-refractivity contribution >= 4 is 28.5 Å². The van der Waals surface area contributed by atoms with Crippen molar-refractivity contribution in [2.45, 2.75) is 70.1 Å². The maximum atomic E-state index is 13.0. The molecule has 0 aromatic heterocycles. The van der Waals surface area contributed by atoms with Gasteiger partial charge in [-0.3, -0.25) is 4.79 Å². The van der Waals surface area contributed by atoms with Crippen LogP contribution in [0.5, 0.6) is 0 Å². The summed E-state index contributed by atoms with van der Waals surface area (Å²) in [4.78, 5) is 13.0. The highest BCUT2D eigenvalue weighted by molar-refractivity contribution is 14.1. The Balaban J connectivity index is 1.86. The van der Waals surface area contributed by atoms with Gasteiger partial charge in [-0.1, -0.05) is 31.4 Å². The molecule has 0 saturated heterocycles. The number of rotatable bonds is 8. The highest BCUT2D eigenvalue weighted by Crippen LogP contribution is 2.39. The summed E-state index contributed by atoms with van der Waals surface area (Å²) in [6, 6.07) is 8.62. The second kappa shape index (κ2) is 11.3. The van der Waals surface area contributed by atoms with Crippen LogP contribution in [0.1, 0.15) is 63.4 Å². The molecule has 0 spiro atoms. The number of aliphatic hydroxyl groups excluding tert-OH is 1. The smallest absolute Gasteiger partial charge is 0.286 e. The molecule has 1 aliphatic heterocycles. The van der Waals surface area contributed by atoms with Gasteiger partial charge >= 0.3 is 0 Å². The highest BCUT2D eigenvalue weighted by Gasteiger charge is 2.38. The Labute approximate surface area is 187 Å². The Morgan fingerprint density at radius 1 is 1.24 bits per heavy atom. The summed E-state index contributed by atoms with van der Waals surface area (Å²) < 4.78 is 13.1. The Morgan fingerprint density at radius 3 is 2.62 bits per heavy atom. The molecule has 2 N–H and O–H groups in total. The van der Waals surface area contributed by atoms with Gasteiger partial charge in [0, 0.05) is 34.7 Å². The van der Waals surface area contributed by atoms with Crippen LogP contribution in [0.2, 0.25) is 0 Å². The summed E-state index contributed by atoms with van der Waals surface area (Å²) in [7, 11) is 0. The molecule has 2 aliphatic rings. The van der Waals surface area contributed by atoms with Gasteiger partial charge in [0.05, 0.1) is 0 Å². The van der Waals surface area contributed by atoms with Crippen molar-refractivity contribution in [1.29, 1.82) is 0 Å². The molecular formula is C23H32INO4. The third-order valence-electron chi connectivity index (χ3n) is 5.83. The van der Waals surface area contributed by atoms with E-state index in [1.807, 2.05) is 13.0 Å². The van der Waals surface area contributed by atoms with E-state index in [-0.39, 0.29) is 30.4 Å². The lowest BCUT2D eigenvalue weighted by Crippen LogP contribution is -2.42. The third-order valence-corrected chi connectivity index (χ3v) is 6.55. The number of aliphatic hydroxyl groups is 1. The van der Waals surface area contributed by atoms with Crippen LogP contribution < -0.4 is 5.32 Å². The monoisotopic (exact) mass is 513 g/mol. The summed E-state index contributed by atoms with van der Waals surface area (Å²) in [6.07, 6.45) is 8.56. The molecule has 1 aliphatic carbocycles. The second-order valence-electron chi connectivity index (χ2n) is 7.89. The Morgan fingerprint density at radius 2 is 1.97 bits per heavy atom. The predicted molar refractivity (Wildman–Crippen MR) is 121 cm³/mol. The number of carbonyl (C=O) groups is 1. The third kappa shape index (κ3) is 6.18. The summed E-state index contributed by atoms with van der Waals surface area (Å²) in [5, 5.41) is 12.5. The lowest BCUT2D eigenvalue weighted by Gasteiger charge is -2.37. The van der Waals surface area contributed by atoms with Gasteiger partial charge in [0.25, 0.3) is 5.91 Å². The van der Waals surface area contributed by atoms with Crippen LogP contribution in [0, 0.1) is 9.49 Å². The SMILES string of the molecule is CCO[C@H]1OC(C(=O)NC2CCCCC2)=C[C@@H](c2ccc(I)cc2)[C@H]1CCCO. The first-order valence-corrected chi connectivity index (χ1v) is 11.9. The molecule has 6 heteroatoms. The zero-order valence-corrected chi connectivity index (χ0v) is 19.3. The topological polar surface area (TPSA) is 67.8 Å². The number of carbonyl (C=O) groups excluding carboxylic acids is 1. The fourth-order valence-electron chi connectivity index (χ4n) is 4.33. The summed E-state index contributed by atoms with van der Waals surface area (Å²) in [6.45, 7) is 2.58. The number of halogens is 1. The standard InChI is InChI=1S/C23H32INO4/c1-2-28-23-19(9-6-14-26)20(16-10-12-17(24)13-11-16)15-21(29-23)22(27)25-18-7-4-3-5-8-18/h10-13,15,18-20,23,26H,2-9,14H2,1H3,(H,25,27)/t19-,20+,23+/m1/s1. The van der Waals surface area contributed by atoms with Crippen molar-refractivity contribution in [3.05, 3.63) is 45.2 Å². The van der Waals surface area contributed by atoms with E-state index >= 15 is 0 Å². The van der Waals surface area contributed by atoms with E-state index < -0.39 is 6.29 Å². The van der Waals surface area contributed by atoms with Gasteiger partial charge in [0.15, 0.2) is 5.76 Å². The number of nitrogens with one attached hydrogen (secondary N) is 1. The van der Waals surface area contributed by atoms with E-state index in [1.165, 1.54) is 22.8 Å². The second-order valence-corrected chi connectivity index (χ2v) is 9.13. The number of ether oxygens (including phenoxy) is 2. The van der Waals surface area contributed by atoms with Gasteiger partial charge in [0.1, 0.15) is 0 Å². The molecule has 5 nitrogen and oxygen atoms in total. The Bertz CT molecular complexity index is 685. The number of benzene rings is 1. The van der Waals surface area contributed by atoms with Crippen LogP contribution in [-0.4, -0.2) is 36.6 Å². The van der Waals surface area contributed by atoms with E-state index in [1.54, 1.807) is 0 Å². The minimum atomic E-state index is -0.493. The number of hydrogen-bond donors (Lipinski definition) is 2. The minimum Gasteiger partial charge on any atom is -0.459 e. The fourth-order valence-corrected chi connectivity index (χ4v) is 4.69. The molecule has 0 unspecified atom stereocenters. The molecule has 0 bridgehead atoms. The quantitative estimate of drug-likeness (QED) is 0.503. The van der Waals surface area contributed by atoms with Crippen molar-refractivity contribution < 1.29 is 19.4 Å². The van der Waals surface area contributed by atoms with Crippen LogP contribution in [0.25, 0.3) is 0 Å². The first-order chi connectivity index (χ1) is 14.1. The minimum absolute atomic E-state index is 0.0101. The largest absolute Gasteiger partial charge is 0.459 e. The average Bonchev–Trinajstić information content (AvgIpc) is 2.74. The highest BCUT2D eigenvalue weighted by atomic mass is 127. The normalized spacial score (nSPS) is 25.2. The molecule has 1 heterocycles. The molecule has 3 rings (SSSR count). The van der Waals surface area contributed by atoms with Gasteiger partial charge in [-0.25, -0.2) is 0 Å². The molecule has 1 aromatic carbocycles. The van der Waals surface area contributed by atoms with Crippen LogP contribution in [0.15, 0.2) is 36.1 Å². The van der Waals surface area contributed by atoms with Crippen molar-refractivity contribution in [2.75, 3.05) is 13.2 Å². The van der Waals surface area contributed by atoms with Gasteiger partial charge in [-0.05, 0) is 79.0 Å². The van der Waals surface area contributed by atoms with Gasteiger partial charge < -0.3 is 19.9 Å². The van der Waals surface area contributed by atoms with E-state index in [0.29, 0.717) is 18.8 Å². The zero-order chi connectivity index (χ0) is 20.6. The van der Waals surface area contributed by atoms with Crippen molar-refractivity contribution in [3.8, 4) is 0 Å². The Hall–Kier alpha value is -1.12. The zero-order valence-electron chi connectivity index (χ0n) is 17.1. The van der Waals surface area contributed by atoms with Crippen LogP contribution >= 0.6 is 22.6 Å². The Kier molecular flexibility index (Phi) is 8.81. The maximum absolute atomic E-state index is 13.0. The van der Waals surface area contributed by atoms with E-state index in [9.17, 15) is 9.90 Å². The summed E-state index contributed by atoms with van der Waals surface area (Å²) in [5.41, 5.74) is 1.14. The van der Waals surface area contributed by atoms with Crippen LogP contribution in [-0.2, 0) is 14.3 Å². The molecule has 1 amide bonds. The number of allylic oxidation sites excluding steroid dienone is 1. The van der Waals surface area contributed by atoms with Crippen molar-refractivity contribution in [1.82, 2.24) is 5.32 Å². The molecule has 3 atom stereocenters. The molecule has 29 heavy (non-hydrogen) atoms. The molecule has 1 aromatic rings. The number of hydrogen-bond acceptors (Lipinski definition) is 4. The van der Waals surface area contributed by atoms with Crippen LogP contribution in [0.4, 0.5) is 0 Å². The van der Waals surface area contributed by atoms with E-state index in [2.05, 4.69) is 52.2 Å². The summed E-state index contributed by atoms with van der Waals surface area (Å²) in [5.74, 6) is 0.278. The molecule has 1 saturated carbocycles. The molecule has 0 radical (unpaired) electrons. The summed E-state index contributed by atoms with van der Waals surface area (Å²) >= 11 is 2.30. The molecule has 1 fully saturated rings. The maximum Gasteiger partial charge on any atom is 0.286 e. The molecule has 160 valence electrons. The number of amides is 1. The van der Waals surface area contributed by atoms with Crippen molar-refractivity contribution in [3.63, 3.8) is 0 Å². The predicted octanol–water partition coefficient (Wildman–Crippen LogP) is 4.49. The van der Waals surface area contributed by atoms with Gasteiger partial charge in [-0.2, -0.15) is 0 Å². The van der Waals surface area contributed by atoms with Gasteiger partial charge in [-0.15, -0.1) is 0 Å². The van der Waals surface area contributed by atoms with Crippen LogP contribution in [0.3, 0.4) is 0 Å². The van der Waals surface area contributed by atoms with Crippen molar-refractivity contribution in [2.24, 2.45) is 5.92 Å². The fraction of sp³-hybridized carbons (Fsp3) is 0.609. The average molecular weight is 513 g/mol. The first kappa shape index (κ1) is 22.6. The van der Waals surface area contributed by atoms with E-state index in [4.69, 9.17) is 9.47 Å². The molecular weight excluding hydrogens is 481 g/mol.